The van der Waals surface area contributed by atoms with Crippen LogP contribution in [0.2, 0.25) is 0 Å². The van der Waals surface area contributed by atoms with E-state index in [0.29, 0.717) is 0 Å². The van der Waals surface area contributed by atoms with Gasteiger partial charge in [0.25, 0.3) is 0 Å². The van der Waals surface area contributed by atoms with Gasteiger partial charge in [0.05, 0.1) is 0 Å². The summed E-state index contributed by atoms with van der Waals surface area (Å²) in [6.45, 7) is 0. The summed E-state index contributed by atoms with van der Waals surface area (Å²) < 4.78 is 0. The van der Waals surface area contributed by atoms with Gasteiger partial charge >= 0.3 is 23.1 Å². The normalized spacial score (nSPS) is 0. The summed E-state index contributed by atoms with van der Waals surface area (Å²) in [5.74, 6) is 0. The summed E-state index contributed by atoms with van der Waals surface area (Å²) >= 11 is 0. The number of rotatable bonds is 0. The molecule has 0 bridgehead atoms. The van der Waals surface area contributed by atoms with E-state index in [2.05, 4.69) is 0 Å². The van der Waals surface area contributed by atoms with Crippen molar-refractivity contribution in [3.8, 4) is 0 Å². The van der Waals surface area contributed by atoms with Gasteiger partial charge in [0.2, 0.25) is 0 Å². The molecule has 0 aromatic carbocycles. The Hall–Kier alpha value is 0.946. The van der Waals surface area contributed by atoms with E-state index in [9.17, 15) is 0 Å². The monoisotopic (exact) mass is 99.0 g/mol. The standard InChI is InChI=1S/ClH.FH.Mg.H3N.2H/h2*1H;;1H3;;/q;;+2;;2*-1. The Labute approximate surface area is 49.6 Å². The summed E-state index contributed by atoms with van der Waals surface area (Å²) in [5.41, 5.74) is 0. The molecule has 0 saturated carbocycles. The molecule has 0 radical (unpaired) electrons. The molecule has 4 heteroatoms. The SMILES string of the molecule is Cl.F.N.[H-].[H-].[Mg+2]. The van der Waals surface area contributed by atoms with E-state index >= 15 is 0 Å². The summed E-state index contributed by atoms with van der Waals surface area (Å²) in [6, 6.07) is 0. The smallest absolute Gasteiger partial charge is 1.00 e. The van der Waals surface area contributed by atoms with Gasteiger partial charge in [0.1, 0.15) is 0 Å². The first-order valence-electron chi connectivity index (χ1n) is 0. The van der Waals surface area contributed by atoms with Gasteiger partial charge < -0.3 is 9.00 Å². The van der Waals surface area contributed by atoms with Crippen LogP contribution in [0.15, 0.2) is 0 Å². The Kier molecular flexibility index (Phi) is 823. The van der Waals surface area contributed by atoms with Gasteiger partial charge in [0, 0.05) is 0 Å². The molecule has 0 aromatic heterocycles. The van der Waals surface area contributed by atoms with Gasteiger partial charge in [0.15, 0.2) is 0 Å². The quantitative estimate of drug-likeness (QED) is 0.444. The van der Waals surface area contributed by atoms with E-state index in [4.69, 9.17) is 0 Å². The van der Waals surface area contributed by atoms with Gasteiger partial charge in [-0.25, -0.2) is 0 Å². The zero-order valence-electron chi connectivity index (χ0n) is 4.23. The maximum absolute atomic E-state index is 0. The van der Waals surface area contributed by atoms with E-state index in [1.165, 1.54) is 0 Å². The number of hydrogen-bond acceptors (Lipinski definition) is 1. The van der Waals surface area contributed by atoms with Crippen molar-refractivity contribution in [3.05, 3.63) is 0 Å². The van der Waals surface area contributed by atoms with Crippen molar-refractivity contribution >= 4 is 35.5 Å². The van der Waals surface area contributed by atoms with Crippen LogP contribution >= 0.6 is 12.4 Å². The third kappa shape index (κ3) is 12.5. The van der Waals surface area contributed by atoms with Crippen LogP contribution < -0.4 is 6.15 Å². The Balaban J connectivity index is 0. The molecule has 0 unspecified atom stereocenters. The van der Waals surface area contributed by atoms with Crippen LogP contribution in [0.1, 0.15) is 2.85 Å². The summed E-state index contributed by atoms with van der Waals surface area (Å²) in [6.07, 6.45) is 0. The second-order valence-electron chi connectivity index (χ2n) is 0. The number of hydrogen-bond donors (Lipinski definition) is 1. The zero-order chi connectivity index (χ0) is 0. The average Bonchev–Trinajstić information content (AvgIpc) is 0. The fourth-order valence-electron chi connectivity index (χ4n) is 0. The fourth-order valence-corrected chi connectivity index (χ4v) is 0. The molecule has 0 rings (SSSR count). The minimum absolute atomic E-state index is 0. The molecule has 0 aromatic rings. The first-order chi connectivity index (χ1) is 0. The van der Waals surface area contributed by atoms with Crippen molar-refractivity contribution in [3.63, 3.8) is 0 Å². The van der Waals surface area contributed by atoms with E-state index in [-0.39, 0.29) is 49.2 Å². The van der Waals surface area contributed by atoms with Gasteiger partial charge in [-0.3, -0.25) is 4.70 Å². The maximum Gasteiger partial charge on any atom is 2.00 e. The van der Waals surface area contributed by atoms with Crippen LogP contribution in [0.25, 0.3) is 0 Å². The molecule has 0 heterocycles. The van der Waals surface area contributed by atoms with Crippen LogP contribution in [0.4, 0.5) is 4.70 Å². The van der Waals surface area contributed by atoms with E-state index < -0.39 is 0 Å². The molecular weight excluding hydrogens is 92.8 g/mol. The molecule has 28 valence electrons. The fraction of sp³-hybridized carbons (Fsp3) is 0. The van der Waals surface area contributed by atoms with Crippen LogP contribution in [0.5, 0.6) is 0 Å². The molecule has 3 N–H and O–H groups in total. The first-order valence-corrected chi connectivity index (χ1v) is 0. The van der Waals surface area contributed by atoms with Gasteiger partial charge in [-0.1, -0.05) is 0 Å². The van der Waals surface area contributed by atoms with Crippen molar-refractivity contribution < 1.29 is 7.56 Å². The zero-order valence-corrected chi connectivity index (χ0v) is 4.46. The molecular formula is H7ClFMgN. The molecule has 0 saturated heterocycles. The largest absolute Gasteiger partial charge is 2.00 e. The second-order valence-corrected chi connectivity index (χ2v) is 0. The molecule has 0 fully saturated rings. The molecule has 4 heavy (non-hydrogen) atoms. The molecule has 0 aliphatic heterocycles. The topological polar surface area (TPSA) is 35.0 Å². The van der Waals surface area contributed by atoms with Gasteiger partial charge in [-0.15, -0.1) is 12.4 Å². The third-order valence-electron chi connectivity index (χ3n) is 0. The molecule has 0 amide bonds. The molecule has 0 atom stereocenters. The van der Waals surface area contributed by atoms with Crippen LogP contribution in [0, 0.1) is 0 Å². The van der Waals surface area contributed by atoms with Crippen LogP contribution in [0.3, 0.4) is 0 Å². The Morgan fingerprint density at radius 3 is 1.25 bits per heavy atom. The molecule has 0 aliphatic carbocycles. The summed E-state index contributed by atoms with van der Waals surface area (Å²) in [7, 11) is 0. The third-order valence-corrected chi connectivity index (χ3v) is 0. The molecule has 0 aliphatic rings. The van der Waals surface area contributed by atoms with Crippen LogP contribution in [-0.2, 0) is 0 Å². The Bertz CT molecular complexity index is 13.5. The average molecular weight is 99.8 g/mol. The van der Waals surface area contributed by atoms with Crippen molar-refractivity contribution in [1.29, 1.82) is 0 Å². The predicted molar refractivity (Wildman–Crippen MR) is 22.8 cm³/mol. The molecule has 0 spiro atoms. The van der Waals surface area contributed by atoms with E-state index in [1.54, 1.807) is 0 Å². The number of halogens is 2. The second kappa shape index (κ2) is 38.3. The summed E-state index contributed by atoms with van der Waals surface area (Å²) in [5, 5.41) is 0. The minimum atomic E-state index is 0. The minimum Gasteiger partial charge on any atom is -1.00 e. The van der Waals surface area contributed by atoms with Crippen molar-refractivity contribution in [1.82, 2.24) is 6.15 Å². The van der Waals surface area contributed by atoms with Crippen LogP contribution in [-0.4, -0.2) is 23.1 Å². The van der Waals surface area contributed by atoms with Gasteiger partial charge in [-0.05, 0) is 0 Å². The Morgan fingerprint density at radius 2 is 1.25 bits per heavy atom. The Morgan fingerprint density at radius 1 is 1.25 bits per heavy atom. The maximum atomic E-state index is 0. The van der Waals surface area contributed by atoms with Crippen molar-refractivity contribution in [2.45, 2.75) is 0 Å². The van der Waals surface area contributed by atoms with E-state index in [0.717, 1.165) is 0 Å². The summed E-state index contributed by atoms with van der Waals surface area (Å²) in [4.78, 5) is 0. The van der Waals surface area contributed by atoms with E-state index in [1.807, 2.05) is 0 Å². The predicted octanol–water partition coefficient (Wildman–Crippen LogP) is 0.581. The molecule has 1 nitrogen and oxygen atoms in total. The van der Waals surface area contributed by atoms with Gasteiger partial charge in [-0.2, -0.15) is 0 Å². The van der Waals surface area contributed by atoms with Crippen molar-refractivity contribution in [2.24, 2.45) is 0 Å². The first kappa shape index (κ1) is 86.0. The van der Waals surface area contributed by atoms with Crippen molar-refractivity contribution in [2.75, 3.05) is 0 Å².